The predicted octanol–water partition coefficient (Wildman–Crippen LogP) is 1.47. The van der Waals surface area contributed by atoms with E-state index >= 15 is 0 Å². The van der Waals surface area contributed by atoms with E-state index < -0.39 is 0 Å². The first-order valence-electron chi connectivity index (χ1n) is 4.05. The molecule has 0 amide bonds. The van der Waals surface area contributed by atoms with Gasteiger partial charge in [-0.2, -0.15) is 0 Å². The van der Waals surface area contributed by atoms with Crippen molar-refractivity contribution in [2.24, 2.45) is 5.16 Å². The molecule has 3 nitrogen and oxygen atoms in total. The molecule has 1 rings (SSSR count). The van der Waals surface area contributed by atoms with Gasteiger partial charge in [-0.1, -0.05) is 23.4 Å². The van der Waals surface area contributed by atoms with Crippen molar-refractivity contribution in [2.75, 3.05) is 7.11 Å². The summed E-state index contributed by atoms with van der Waals surface area (Å²) in [5, 5.41) is 12.8. The van der Waals surface area contributed by atoms with Crippen molar-refractivity contribution >= 4 is 6.21 Å². The Hall–Kier alpha value is -1.35. The molecule has 0 aliphatic rings. The van der Waals surface area contributed by atoms with Gasteiger partial charge in [0.25, 0.3) is 0 Å². The maximum Gasteiger partial charge on any atom is 0.106 e. The fraction of sp³-hybridized carbons (Fsp3) is 0.300. The highest BCUT2D eigenvalue weighted by atomic mass is 16.6. The smallest absolute Gasteiger partial charge is 0.106 e. The van der Waals surface area contributed by atoms with Crippen LogP contribution in [0.3, 0.4) is 0 Å². The molecule has 0 aromatic heterocycles. The highest BCUT2D eigenvalue weighted by Gasteiger charge is 2.01. The van der Waals surface area contributed by atoms with E-state index in [1.807, 2.05) is 25.1 Å². The van der Waals surface area contributed by atoms with E-state index in [0.717, 1.165) is 16.7 Å². The molecule has 70 valence electrons. The minimum atomic E-state index is 0.0255. The highest BCUT2D eigenvalue weighted by molar-refractivity contribution is 5.81. The van der Waals surface area contributed by atoms with Gasteiger partial charge < -0.3 is 9.94 Å². The Bertz CT molecular complexity index is 308. The van der Waals surface area contributed by atoms with Gasteiger partial charge >= 0.3 is 0 Å². The molecule has 0 saturated carbocycles. The van der Waals surface area contributed by atoms with Gasteiger partial charge in [0.05, 0.1) is 12.8 Å². The van der Waals surface area contributed by atoms with Crippen LogP contribution in [0, 0.1) is 6.92 Å². The molecule has 0 unspecified atom stereocenters. The zero-order chi connectivity index (χ0) is 9.68. The fourth-order valence-corrected chi connectivity index (χ4v) is 1.17. The molecule has 1 N–H and O–H groups in total. The minimum absolute atomic E-state index is 0.0255. The third-order valence-electron chi connectivity index (χ3n) is 1.90. The summed E-state index contributed by atoms with van der Waals surface area (Å²) in [6.07, 6.45) is 1.60. The lowest BCUT2D eigenvalue weighted by Crippen LogP contribution is -1.96. The summed E-state index contributed by atoms with van der Waals surface area (Å²) in [6, 6.07) is 5.77. The van der Waals surface area contributed by atoms with Crippen LogP contribution in [0.4, 0.5) is 0 Å². The normalized spacial score (nSPS) is 10.7. The third kappa shape index (κ3) is 2.29. The van der Waals surface area contributed by atoms with Crippen LogP contribution >= 0.6 is 0 Å². The molecular weight excluding hydrogens is 166 g/mol. The van der Waals surface area contributed by atoms with Crippen molar-refractivity contribution in [1.82, 2.24) is 0 Å². The molecule has 0 bridgehead atoms. The lowest BCUT2D eigenvalue weighted by molar-refractivity contribution is 0.215. The molecule has 0 radical (unpaired) electrons. The Kier molecular flexibility index (Phi) is 3.46. The van der Waals surface area contributed by atoms with Crippen LogP contribution in [0.2, 0.25) is 0 Å². The van der Waals surface area contributed by atoms with Gasteiger partial charge in [-0.15, -0.1) is 0 Å². The van der Waals surface area contributed by atoms with Gasteiger partial charge in [-0.05, 0) is 18.1 Å². The average Bonchev–Trinajstić information content (AvgIpc) is 2.15. The van der Waals surface area contributed by atoms with Crippen LogP contribution in [-0.4, -0.2) is 18.4 Å². The number of benzene rings is 1. The third-order valence-corrected chi connectivity index (χ3v) is 1.90. The number of aryl methyl sites for hydroxylation is 1. The van der Waals surface area contributed by atoms with Crippen LogP contribution in [0.5, 0.6) is 0 Å². The molecule has 0 saturated heterocycles. The number of rotatable bonds is 3. The molecule has 13 heavy (non-hydrogen) atoms. The van der Waals surface area contributed by atoms with Crippen LogP contribution in [0.25, 0.3) is 0 Å². The number of nitrogens with zero attached hydrogens (tertiary/aromatic N) is 1. The molecule has 0 fully saturated rings. The van der Waals surface area contributed by atoms with E-state index in [1.54, 1.807) is 6.21 Å². The maximum atomic E-state index is 9.10. The highest BCUT2D eigenvalue weighted by Crippen LogP contribution is 2.12. The Labute approximate surface area is 77.6 Å². The SMILES string of the molecule is CON=Cc1cccc(C)c1CO. The van der Waals surface area contributed by atoms with Crippen molar-refractivity contribution in [1.29, 1.82) is 0 Å². The second kappa shape index (κ2) is 4.62. The molecule has 0 spiro atoms. The minimum Gasteiger partial charge on any atom is -0.399 e. The van der Waals surface area contributed by atoms with Gasteiger partial charge in [0, 0.05) is 5.56 Å². The van der Waals surface area contributed by atoms with Crippen LogP contribution < -0.4 is 0 Å². The molecule has 1 aromatic carbocycles. The number of aliphatic hydroxyl groups excluding tert-OH is 1. The lowest BCUT2D eigenvalue weighted by Gasteiger charge is -2.05. The van der Waals surface area contributed by atoms with Crippen LogP contribution in [0.1, 0.15) is 16.7 Å². The van der Waals surface area contributed by atoms with Gasteiger partial charge in [-0.3, -0.25) is 0 Å². The summed E-state index contributed by atoms with van der Waals surface area (Å²) in [6.45, 7) is 1.98. The number of oxime groups is 1. The van der Waals surface area contributed by atoms with E-state index in [9.17, 15) is 0 Å². The molecule has 3 heteroatoms. The van der Waals surface area contributed by atoms with Crippen molar-refractivity contribution < 1.29 is 9.94 Å². The monoisotopic (exact) mass is 179 g/mol. The van der Waals surface area contributed by atoms with Crippen molar-refractivity contribution in [2.45, 2.75) is 13.5 Å². The standard InChI is InChI=1S/C10H13NO2/c1-8-4-3-5-9(6-11-13-2)10(8)7-12/h3-6,12H,7H2,1-2H3. The second-order valence-corrected chi connectivity index (χ2v) is 2.72. The zero-order valence-corrected chi connectivity index (χ0v) is 7.82. The Morgan fingerprint density at radius 2 is 2.31 bits per heavy atom. The van der Waals surface area contributed by atoms with E-state index in [-0.39, 0.29) is 6.61 Å². The van der Waals surface area contributed by atoms with Crippen LogP contribution in [0.15, 0.2) is 23.4 Å². The Morgan fingerprint density at radius 1 is 1.54 bits per heavy atom. The Morgan fingerprint density at radius 3 is 2.92 bits per heavy atom. The van der Waals surface area contributed by atoms with Crippen molar-refractivity contribution in [3.8, 4) is 0 Å². The van der Waals surface area contributed by atoms with Gasteiger partial charge in [0.2, 0.25) is 0 Å². The first-order valence-corrected chi connectivity index (χ1v) is 4.05. The molecule has 0 heterocycles. The van der Waals surface area contributed by atoms with E-state index in [0.29, 0.717) is 0 Å². The number of aliphatic hydroxyl groups is 1. The zero-order valence-electron chi connectivity index (χ0n) is 7.82. The summed E-state index contributed by atoms with van der Waals surface area (Å²) in [4.78, 5) is 4.57. The topological polar surface area (TPSA) is 41.8 Å². The molecule has 0 aliphatic heterocycles. The summed E-state index contributed by atoms with van der Waals surface area (Å²) >= 11 is 0. The average molecular weight is 179 g/mol. The molecule has 1 aromatic rings. The van der Waals surface area contributed by atoms with Crippen LogP contribution in [-0.2, 0) is 11.4 Å². The summed E-state index contributed by atoms with van der Waals surface area (Å²) in [7, 11) is 1.49. The predicted molar refractivity (Wildman–Crippen MR) is 51.7 cm³/mol. The molecule has 0 atom stereocenters. The van der Waals surface area contributed by atoms with E-state index in [4.69, 9.17) is 5.11 Å². The Balaban J connectivity index is 3.05. The molecule has 0 aliphatic carbocycles. The maximum absolute atomic E-state index is 9.10. The van der Waals surface area contributed by atoms with Crippen molar-refractivity contribution in [3.63, 3.8) is 0 Å². The van der Waals surface area contributed by atoms with Gasteiger partial charge in [-0.25, -0.2) is 0 Å². The first kappa shape index (κ1) is 9.74. The second-order valence-electron chi connectivity index (χ2n) is 2.72. The van der Waals surface area contributed by atoms with E-state index in [1.165, 1.54) is 7.11 Å². The quantitative estimate of drug-likeness (QED) is 0.564. The summed E-state index contributed by atoms with van der Waals surface area (Å²) < 4.78 is 0. The number of hydrogen-bond donors (Lipinski definition) is 1. The molecular formula is C10H13NO2. The lowest BCUT2D eigenvalue weighted by atomic mass is 10.0. The van der Waals surface area contributed by atoms with Crippen molar-refractivity contribution in [3.05, 3.63) is 34.9 Å². The largest absolute Gasteiger partial charge is 0.399 e. The first-order chi connectivity index (χ1) is 6.29. The summed E-state index contributed by atoms with van der Waals surface area (Å²) in [5.74, 6) is 0. The summed E-state index contributed by atoms with van der Waals surface area (Å²) in [5.41, 5.74) is 2.84. The number of hydrogen-bond acceptors (Lipinski definition) is 3. The van der Waals surface area contributed by atoms with Gasteiger partial charge in [0.1, 0.15) is 7.11 Å². The fourth-order valence-electron chi connectivity index (χ4n) is 1.17. The van der Waals surface area contributed by atoms with Gasteiger partial charge in [0.15, 0.2) is 0 Å². The van der Waals surface area contributed by atoms with E-state index in [2.05, 4.69) is 9.99 Å².